The van der Waals surface area contributed by atoms with E-state index in [4.69, 9.17) is 21.2 Å². The Balaban J connectivity index is 1.85. The molecule has 0 saturated heterocycles. The highest BCUT2D eigenvalue weighted by atomic mass is 35.5. The average molecular weight is 284 g/mol. The third kappa shape index (κ3) is 3.85. The van der Waals surface area contributed by atoms with Crippen LogP contribution in [0, 0.1) is 0 Å². The fourth-order valence-corrected chi connectivity index (χ4v) is 1.90. The number of hydrogen-bond acceptors (Lipinski definition) is 3. The fraction of sp³-hybridized carbons (Fsp3) is 0.500. The molecule has 1 atom stereocenters. The van der Waals surface area contributed by atoms with Crippen LogP contribution in [0.5, 0.6) is 5.75 Å². The van der Waals surface area contributed by atoms with E-state index in [-0.39, 0.29) is 12.0 Å². The predicted octanol–water partition coefficient (Wildman–Crippen LogP) is 3.05. The second-order valence-electron chi connectivity index (χ2n) is 4.71. The molecule has 19 heavy (non-hydrogen) atoms. The van der Waals surface area contributed by atoms with Crippen molar-refractivity contribution in [3.63, 3.8) is 0 Å². The van der Waals surface area contributed by atoms with Gasteiger partial charge in [0, 0.05) is 12.1 Å². The third-order valence-corrected chi connectivity index (χ3v) is 3.40. The van der Waals surface area contributed by atoms with Gasteiger partial charge in [0.2, 0.25) is 0 Å². The normalized spacial score (nSPS) is 16.6. The van der Waals surface area contributed by atoms with Gasteiger partial charge >= 0.3 is 0 Å². The minimum Gasteiger partial charge on any atom is -0.481 e. The molecule has 5 heteroatoms. The van der Waals surface area contributed by atoms with Gasteiger partial charge in [0.25, 0.3) is 5.91 Å². The highest BCUT2D eigenvalue weighted by molar-refractivity contribution is 6.30. The molecule has 0 spiro atoms. The molecule has 0 aromatic heterocycles. The van der Waals surface area contributed by atoms with Crippen LogP contribution in [0.3, 0.4) is 0 Å². The van der Waals surface area contributed by atoms with Gasteiger partial charge in [-0.25, -0.2) is 5.06 Å². The summed E-state index contributed by atoms with van der Waals surface area (Å²) < 4.78 is 5.56. The van der Waals surface area contributed by atoms with Gasteiger partial charge in [-0.2, -0.15) is 0 Å². The Bertz CT molecular complexity index is 431. The molecular formula is C14H18ClNO3. The highest BCUT2D eigenvalue weighted by Gasteiger charge is 2.26. The van der Waals surface area contributed by atoms with Gasteiger partial charge < -0.3 is 4.74 Å². The molecule has 2 rings (SSSR count). The molecule has 4 nitrogen and oxygen atoms in total. The SMILES string of the molecule is C[C@H](Oc1ccc(Cl)cc1)C(=O)N(C)OC1CCC1. The average Bonchev–Trinajstić information content (AvgIpc) is 2.35. The summed E-state index contributed by atoms with van der Waals surface area (Å²) in [5.74, 6) is 0.421. The minimum atomic E-state index is -0.591. The van der Waals surface area contributed by atoms with Crippen molar-refractivity contribution in [2.45, 2.75) is 38.4 Å². The largest absolute Gasteiger partial charge is 0.481 e. The van der Waals surface area contributed by atoms with E-state index < -0.39 is 6.10 Å². The van der Waals surface area contributed by atoms with Crippen LogP contribution in [0.25, 0.3) is 0 Å². The van der Waals surface area contributed by atoms with Crippen LogP contribution in [-0.4, -0.2) is 30.2 Å². The first kappa shape index (κ1) is 14.2. The predicted molar refractivity (Wildman–Crippen MR) is 73.0 cm³/mol. The number of carbonyl (C=O) groups is 1. The van der Waals surface area contributed by atoms with Crippen LogP contribution >= 0.6 is 11.6 Å². The Morgan fingerprint density at radius 2 is 2.00 bits per heavy atom. The molecule has 0 N–H and O–H groups in total. The highest BCUT2D eigenvalue weighted by Crippen LogP contribution is 2.23. The van der Waals surface area contributed by atoms with Gasteiger partial charge in [-0.1, -0.05) is 11.6 Å². The number of benzene rings is 1. The minimum absolute atomic E-state index is 0.177. The number of nitrogens with zero attached hydrogens (tertiary/aromatic N) is 1. The number of carbonyl (C=O) groups excluding carboxylic acids is 1. The molecule has 1 aliphatic rings. The zero-order chi connectivity index (χ0) is 13.8. The topological polar surface area (TPSA) is 38.8 Å². The fourth-order valence-electron chi connectivity index (χ4n) is 1.78. The van der Waals surface area contributed by atoms with Gasteiger partial charge in [0.1, 0.15) is 5.75 Å². The maximum Gasteiger partial charge on any atom is 0.286 e. The Hall–Kier alpha value is -1.26. The van der Waals surface area contributed by atoms with Gasteiger partial charge in [0.15, 0.2) is 6.10 Å². The van der Waals surface area contributed by atoms with E-state index in [1.807, 2.05) is 0 Å². The molecule has 1 aromatic rings. The summed E-state index contributed by atoms with van der Waals surface area (Å²) in [4.78, 5) is 17.5. The molecule has 0 aliphatic heterocycles. The first-order chi connectivity index (χ1) is 9.06. The summed E-state index contributed by atoms with van der Waals surface area (Å²) in [5, 5.41) is 1.92. The Kier molecular flexibility index (Phi) is 4.66. The van der Waals surface area contributed by atoms with Crippen LogP contribution in [-0.2, 0) is 9.63 Å². The number of halogens is 1. The Morgan fingerprint density at radius 1 is 1.37 bits per heavy atom. The molecule has 1 amide bonds. The van der Waals surface area contributed by atoms with Crippen molar-refractivity contribution in [2.75, 3.05) is 7.05 Å². The molecule has 1 aromatic carbocycles. The third-order valence-electron chi connectivity index (χ3n) is 3.14. The van der Waals surface area contributed by atoms with Crippen molar-refractivity contribution in [1.82, 2.24) is 5.06 Å². The second-order valence-corrected chi connectivity index (χ2v) is 5.14. The van der Waals surface area contributed by atoms with Gasteiger partial charge in [0.05, 0.1) is 6.10 Å². The Morgan fingerprint density at radius 3 is 2.53 bits per heavy atom. The zero-order valence-corrected chi connectivity index (χ0v) is 11.9. The number of amides is 1. The summed E-state index contributed by atoms with van der Waals surface area (Å²) >= 11 is 5.79. The van der Waals surface area contributed by atoms with Gasteiger partial charge in [-0.3, -0.25) is 9.63 Å². The quantitative estimate of drug-likeness (QED) is 0.780. The van der Waals surface area contributed by atoms with E-state index in [9.17, 15) is 4.79 Å². The van der Waals surface area contributed by atoms with Crippen LogP contribution in [0.1, 0.15) is 26.2 Å². The van der Waals surface area contributed by atoms with E-state index in [1.54, 1.807) is 38.2 Å². The van der Waals surface area contributed by atoms with Crippen molar-refractivity contribution in [3.05, 3.63) is 29.3 Å². The molecular weight excluding hydrogens is 266 g/mol. The lowest BCUT2D eigenvalue weighted by Crippen LogP contribution is -2.41. The van der Waals surface area contributed by atoms with Crippen molar-refractivity contribution >= 4 is 17.5 Å². The van der Waals surface area contributed by atoms with E-state index in [2.05, 4.69) is 0 Å². The summed E-state index contributed by atoms with van der Waals surface area (Å²) in [6.45, 7) is 1.71. The number of ether oxygens (including phenoxy) is 1. The monoisotopic (exact) mass is 283 g/mol. The van der Waals surface area contributed by atoms with Crippen molar-refractivity contribution in [2.24, 2.45) is 0 Å². The maximum atomic E-state index is 12.0. The van der Waals surface area contributed by atoms with Gasteiger partial charge in [-0.15, -0.1) is 0 Å². The summed E-state index contributed by atoms with van der Waals surface area (Å²) in [7, 11) is 1.63. The van der Waals surface area contributed by atoms with Crippen molar-refractivity contribution < 1.29 is 14.4 Å². The summed E-state index contributed by atoms with van der Waals surface area (Å²) in [6, 6.07) is 6.92. The van der Waals surface area contributed by atoms with Crippen LogP contribution in [0.15, 0.2) is 24.3 Å². The molecule has 1 fully saturated rings. The van der Waals surface area contributed by atoms with Crippen LogP contribution in [0.2, 0.25) is 5.02 Å². The summed E-state index contributed by atoms with van der Waals surface area (Å²) in [5.41, 5.74) is 0. The van der Waals surface area contributed by atoms with E-state index >= 15 is 0 Å². The number of hydroxylamine groups is 2. The molecule has 1 aliphatic carbocycles. The van der Waals surface area contributed by atoms with Gasteiger partial charge in [-0.05, 0) is 50.5 Å². The summed E-state index contributed by atoms with van der Waals surface area (Å²) in [6.07, 6.45) is 2.79. The molecule has 1 saturated carbocycles. The van der Waals surface area contributed by atoms with Crippen molar-refractivity contribution in [3.8, 4) is 5.75 Å². The molecule has 104 valence electrons. The smallest absolute Gasteiger partial charge is 0.286 e. The first-order valence-electron chi connectivity index (χ1n) is 6.43. The molecule has 0 radical (unpaired) electrons. The lowest BCUT2D eigenvalue weighted by molar-refractivity contribution is -0.213. The van der Waals surface area contributed by atoms with Crippen LogP contribution < -0.4 is 4.74 Å². The molecule has 0 heterocycles. The van der Waals surface area contributed by atoms with E-state index in [0.717, 1.165) is 12.8 Å². The molecule has 0 unspecified atom stereocenters. The number of hydrogen-bond donors (Lipinski definition) is 0. The first-order valence-corrected chi connectivity index (χ1v) is 6.80. The van der Waals surface area contributed by atoms with E-state index in [1.165, 1.54) is 11.5 Å². The number of rotatable bonds is 5. The zero-order valence-electron chi connectivity index (χ0n) is 11.1. The lowest BCUT2D eigenvalue weighted by atomic mass is 9.97. The Labute approximate surface area is 118 Å². The standard InChI is InChI=1S/C14H18ClNO3/c1-10(18-12-8-6-11(15)7-9-12)14(17)16(2)19-13-4-3-5-13/h6-10,13H,3-5H2,1-2H3/t10-/m0/s1. The van der Waals surface area contributed by atoms with Crippen molar-refractivity contribution in [1.29, 1.82) is 0 Å². The maximum absolute atomic E-state index is 12.0. The van der Waals surface area contributed by atoms with E-state index in [0.29, 0.717) is 10.8 Å². The number of likely N-dealkylation sites (N-methyl/N-ethyl adjacent to an activating group) is 1. The lowest BCUT2D eigenvalue weighted by Gasteiger charge is -2.30. The molecule has 0 bridgehead atoms. The second kappa shape index (κ2) is 6.26. The van der Waals surface area contributed by atoms with Crippen LogP contribution in [0.4, 0.5) is 0 Å².